The molecule has 6 nitrogen and oxygen atoms in total. The van der Waals surface area contributed by atoms with Crippen molar-refractivity contribution in [2.75, 3.05) is 24.5 Å². The Bertz CT molecular complexity index is 447. The van der Waals surface area contributed by atoms with E-state index in [0.29, 0.717) is 31.9 Å². The zero-order chi connectivity index (χ0) is 12.3. The van der Waals surface area contributed by atoms with Crippen LogP contribution in [0.15, 0.2) is 18.3 Å². The Balaban J connectivity index is 2.26. The summed E-state index contributed by atoms with van der Waals surface area (Å²) in [7, 11) is 0. The minimum absolute atomic E-state index is 0.0136. The summed E-state index contributed by atoms with van der Waals surface area (Å²) in [4.78, 5) is 28.2. The molecule has 1 aliphatic heterocycles. The number of pyridine rings is 1. The molecule has 0 saturated carbocycles. The van der Waals surface area contributed by atoms with Gasteiger partial charge in [-0.15, -0.1) is 0 Å². The van der Waals surface area contributed by atoms with Crippen LogP contribution in [0.4, 0.5) is 5.82 Å². The molecule has 1 aromatic heterocycles. The van der Waals surface area contributed by atoms with Crippen molar-refractivity contribution in [3.63, 3.8) is 0 Å². The molecule has 0 unspecified atom stereocenters. The summed E-state index contributed by atoms with van der Waals surface area (Å²) in [5, 5.41) is 11.8. The number of hydrogen-bond acceptors (Lipinski definition) is 4. The zero-order valence-corrected chi connectivity index (χ0v) is 9.22. The monoisotopic (exact) mass is 235 g/mol. The second-order valence-electron chi connectivity index (χ2n) is 3.77. The van der Waals surface area contributed by atoms with Crippen molar-refractivity contribution >= 4 is 17.7 Å². The molecule has 1 saturated heterocycles. The summed E-state index contributed by atoms with van der Waals surface area (Å²) in [5.41, 5.74) is 0.168. The average Bonchev–Trinajstić information content (AvgIpc) is 2.54. The lowest BCUT2D eigenvalue weighted by atomic mass is 10.2. The molecular formula is C11H13N3O3. The van der Waals surface area contributed by atoms with Crippen molar-refractivity contribution < 1.29 is 14.7 Å². The lowest BCUT2D eigenvalue weighted by Gasteiger charge is -2.21. The topological polar surface area (TPSA) is 82.5 Å². The summed E-state index contributed by atoms with van der Waals surface area (Å²) in [5.74, 6) is -0.589. The lowest BCUT2D eigenvalue weighted by Crippen LogP contribution is -2.30. The van der Waals surface area contributed by atoms with E-state index in [9.17, 15) is 9.59 Å². The minimum atomic E-state index is -1.00. The highest BCUT2D eigenvalue weighted by Crippen LogP contribution is 2.17. The van der Waals surface area contributed by atoms with Crippen LogP contribution in [0.2, 0.25) is 0 Å². The van der Waals surface area contributed by atoms with Crippen molar-refractivity contribution in [1.82, 2.24) is 10.3 Å². The SMILES string of the molecule is O=C1CCN(c2ncccc2C(=O)O)CCN1. The minimum Gasteiger partial charge on any atom is -0.478 e. The molecule has 1 aliphatic rings. The summed E-state index contributed by atoms with van der Waals surface area (Å²) in [6.45, 7) is 1.57. The van der Waals surface area contributed by atoms with Gasteiger partial charge in [-0.1, -0.05) is 0 Å². The number of anilines is 1. The standard InChI is InChI=1S/C11H13N3O3/c15-9-3-6-14(7-5-12-9)10-8(11(16)17)2-1-4-13-10/h1-2,4H,3,5-7H2,(H,12,15)(H,16,17). The number of nitrogens with zero attached hydrogens (tertiary/aromatic N) is 2. The van der Waals surface area contributed by atoms with E-state index in [1.165, 1.54) is 6.07 Å². The van der Waals surface area contributed by atoms with Gasteiger partial charge in [0.1, 0.15) is 11.4 Å². The van der Waals surface area contributed by atoms with Crippen LogP contribution in [0.1, 0.15) is 16.8 Å². The van der Waals surface area contributed by atoms with E-state index in [1.807, 2.05) is 4.90 Å². The van der Waals surface area contributed by atoms with Gasteiger partial charge in [0, 0.05) is 32.3 Å². The largest absolute Gasteiger partial charge is 0.478 e. The highest BCUT2D eigenvalue weighted by Gasteiger charge is 2.19. The summed E-state index contributed by atoms with van der Waals surface area (Å²) in [6, 6.07) is 3.11. The van der Waals surface area contributed by atoms with Gasteiger partial charge in [-0.25, -0.2) is 9.78 Å². The molecule has 6 heteroatoms. The van der Waals surface area contributed by atoms with Gasteiger partial charge in [-0.2, -0.15) is 0 Å². The van der Waals surface area contributed by atoms with E-state index in [2.05, 4.69) is 10.3 Å². The van der Waals surface area contributed by atoms with Crippen molar-refractivity contribution in [2.24, 2.45) is 0 Å². The van der Waals surface area contributed by atoms with Crippen LogP contribution >= 0.6 is 0 Å². The Morgan fingerprint density at radius 2 is 2.29 bits per heavy atom. The van der Waals surface area contributed by atoms with Gasteiger partial charge in [0.25, 0.3) is 0 Å². The number of carboxylic acids is 1. The molecule has 0 spiro atoms. The van der Waals surface area contributed by atoms with Crippen LogP contribution in [0.25, 0.3) is 0 Å². The first-order valence-electron chi connectivity index (χ1n) is 5.38. The first kappa shape index (κ1) is 11.4. The fraction of sp³-hybridized carbons (Fsp3) is 0.364. The Kier molecular flexibility index (Phi) is 3.22. The number of carboxylic acid groups (broad SMARTS) is 1. The molecule has 0 aromatic carbocycles. The second kappa shape index (κ2) is 4.82. The van der Waals surface area contributed by atoms with Crippen molar-refractivity contribution in [3.8, 4) is 0 Å². The van der Waals surface area contributed by atoms with Gasteiger partial charge in [-0.3, -0.25) is 4.79 Å². The third-order valence-electron chi connectivity index (χ3n) is 2.63. The van der Waals surface area contributed by atoms with Crippen LogP contribution in [-0.2, 0) is 4.79 Å². The fourth-order valence-electron chi connectivity index (χ4n) is 1.79. The number of carbonyl (C=O) groups excluding carboxylic acids is 1. The molecule has 2 heterocycles. The Labute approximate surface area is 98.3 Å². The lowest BCUT2D eigenvalue weighted by molar-refractivity contribution is -0.120. The maximum absolute atomic E-state index is 11.2. The maximum Gasteiger partial charge on any atom is 0.339 e. The van der Waals surface area contributed by atoms with Crippen LogP contribution in [0.5, 0.6) is 0 Å². The smallest absolute Gasteiger partial charge is 0.339 e. The van der Waals surface area contributed by atoms with Crippen LogP contribution in [-0.4, -0.2) is 41.6 Å². The summed E-state index contributed by atoms with van der Waals surface area (Å²) >= 11 is 0. The molecule has 0 bridgehead atoms. The highest BCUT2D eigenvalue weighted by molar-refractivity contribution is 5.93. The molecule has 0 aliphatic carbocycles. The van der Waals surface area contributed by atoms with Crippen molar-refractivity contribution in [1.29, 1.82) is 0 Å². The Morgan fingerprint density at radius 1 is 1.47 bits per heavy atom. The molecule has 2 N–H and O–H groups in total. The van der Waals surface area contributed by atoms with Gasteiger partial charge in [-0.05, 0) is 12.1 Å². The molecule has 1 amide bonds. The molecule has 1 aromatic rings. The van der Waals surface area contributed by atoms with Gasteiger partial charge in [0.2, 0.25) is 5.91 Å². The van der Waals surface area contributed by atoms with Crippen LogP contribution in [0.3, 0.4) is 0 Å². The summed E-state index contributed by atoms with van der Waals surface area (Å²) < 4.78 is 0. The molecule has 0 radical (unpaired) electrons. The number of nitrogens with one attached hydrogen (secondary N) is 1. The maximum atomic E-state index is 11.2. The first-order chi connectivity index (χ1) is 8.18. The van der Waals surface area contributed by atoms with Crippen LogP contribution < -0.4 is 10.2 Å². The molecular weight excluding hydrogens is 222 g/mol. The number of aromatic nitrogens is 1. The van der Waals surface area contributed by atoms with Gasteiger partial charge in [0.05, 0.1) is 0 Å². The van der Waals surface area contributed by atoms with E-state index in [1.54, 1.807) is 12.3 Å². The van der Waals surface area contributed by atoms with Crippen molar-refractivity contribution in [3.05, 3.63) is 23.9 Å². The van der Waals surface area contributed by atoms with Crippen molar-refractivity contribution in [2.45, 2.75) is 6.42 Å². The number of carbonyl (C=O) groups is 2. The van der Waals surface area contributed by atoms with Gasteiger partial charge >= 0.3 is 5.97 Å². The number of rotatable bonds is 2. The van der Waals surface area contributed by atoms with Gasteiger partial charge < -0.3 is 15.3 Å². The highest BCUT2D eigenvalue weighted by atomic mass is 16.4. The summed E-state index contributed by atoms with van der Waals surface area (Å²) in [6.07, 6.45) is 1.91. The van der Waals surface area contributed by atoms with E-state index < -0.39 is 5.97 Å². The van der Waals surface area contributed by atoms with E-state index in [4.69, 9.17) is 5.11 Å². The quantitative estimate of drug-likeness (QED) is 0.760. The predicted octanol–water partition coefficient (Wildman–Crippen LogP) is 0.106. The molecule has 2 rings (SSSR count). The normalized spacial score (nSPS) is 16.2. The zero-order valence-electron chi connectivity index (χ0n) is 9.22. The third-order valence-corrected chi connectivity index (χ3v) is 2.63. The van der Waals surface area contributed by atoms with Crippen LogP contribution in [0, 0.1) is 0 Å². The number of hydrogen-bond donors (Lipinski definition) is 2. The van der Waals surface area contributed by atoms with Gasteiger partial charge in [0.15, 0.2) is 0 Å². The van der Waals surface area contributed by atoms with E-state index in [0.717, 1.165) is 0 Å². The fourth-order valence-corrected chi connectivity index (χ4v) is 1.79. The molecule has 90 valence electrons. The second-order valence-corrected chi connectivity index (χ2v) is 3.77. The molecule has 0 atom stereocenters. The predicted molar refractivity (Wildman–Crippen MR) is 61.0 cm³/mol. The Morgan fingerprint density at radius 3 is 3.06 bits per heavy atom. The first-order valence-corrected chi connectivity index (χ1v) is 5.38. The molecule has 17 heavy (non-hydrogen) atoms. The number of aromatic carboxylic acids is 1. The number of amides is 1. The molecule has 1 fully saturated rings. The van der Waals surface area contributed by atoms with E-state index >= 15 is 0 Å². The average molecular weight is 235 g/mol. The Hall–Kier alpha value is -2.11. The third kappa shape index (κ3) is 2.52. The van der Waals surface area contributed by atoms with E-state index in [-0.39, 0.29) is 11.5 Å².